The van der Waals surface area contributed by atoms with E-state index in [4.69, 9.17) is 10.5 Å². The zero-order valence-corrected chi connectivity index (χ0v) is 16.9. The van der Waals surface area contributed by atoms with Crippen LogP contribution in [0.2, 0.25) is 0 Å². The van der Waals surface area contributed by atoms with Crippen LogP contribution >= 0.6 is 0 Å². The van der Waals surface area contributed by atoms with Gasteiger partial charge in [0.2, 0.25) is 5.91 Å². The molecule has 1 saturated heterocycles. The first-order chi connectivity index (χ1) is 14.5. The number of piperidine rings is 1. The van der Waals surface area contributed by atoms with Crippen molar-refractivity contribution >= 4 is 17.7 Å². The Kier molecular flexibility index (Phi) is 5.43. The maximum absolute atomic E-state index is 13.0. The molecule has 9 nitrogen and oxygen atoms in total. The van der Waals surface area contributed by atoms with Gasteiger partial charge in [0, 0.05) is 32.2 Å². The first kappa shape index (κ1) is 19.9. The quantitative estimate of drug-likeness (QED) is 0.785. The Morgan fingerprint density at radius 1 is 1.23 bits per heavy atom. The number of rotatable bonds is 5. The molecular formula is C21H25N5O4. The number of amides is 3. The molecule has 9 heteroatoms. The molecule has 2 aliphatic heterocycles. The third kappa shape index (κ3) is 3.87. The van der Waals surface area contributed by atoms with Crippen molar-refractivity contribution in [3.63, 3.8) is 0 Å². The lowest BCUT2D eigenvalue weighted by Gasteiger charge is -2.30. The number of ether oxygens (including phenoxy) is 1. The van der Waals surface area contributed by atoms with Crippen molar-refractivity contribution in [1.29, 1.82) is 0 Å². The average molecular weight is 411 g/mol. The predicted octanol–water partition coefficient (Wildman–Crippen LogP) is 0.885. The minimum Gasteiger partial charge on any atom is -0.497 e. The number of benzene rings is 1. The molecule has 1 aromatic carbocycles. The van der Waals surface area contributed by atoms with Crippen molar-refractivity contribution in [1.82, 2.24) is 19.6 Å². The molecule has 4 rings (SSSR count). The fraction of sp³-hybridized carbons (Fsp3) is 0.429. The molecule has 158 valence electrons. The number of fused-ring (bicyclic) bond motifs is 1. The minimum absolute atomic E-state index is 0.163. The standard InChI is InChI=1S/C21H25N5O4/c1-30-16-6-2-4-14(10-16)12-25-8-9-26-18(21(25)29)11-17(23-26)20(28)24-7-3-5-15(13-24)19(22)27/h2,4,6,10-11,15H,3,5,7-9,12-13H2,1H3,(H2,22,27). The van der Waals surface area contributed by atoms with Gasteiger partial charge in [0.25, 0.3) is 11.8 Å². The van der Waals surface area contributed by atoms with Crippen molar-refractivity contribution < 1.29 is 19.1 Å². The minimum atomic E-state index is -0.389. The summed E-state index contributed by atoms with van der Waals surface area (Å²) in [6, 6.07) is 9.15. The number of likely N-dealkylation sites (tertiary alicyclic amines) is 1. The second-order valence-electron chi connectivity index (χ2n) is 7.71. The number of methoxy groups -OCH3 is 1. The number of nitrogens with zero attached hydrogens (tertiary/aromatic N) is 4. The van der Waals surface area contributed by atoms with Gasteiger partial charge in [-0.25, -0.2) is 0 Å². The normalized spacial score (nSPS) is 18.8. The highest BCUT2D eigenvalue weighted by molar-refractivity contribution is 5.98. The number of nitrogens with two attached hydrogens (primary N) is 1. The summed E-state index contributed by atoms with van der Waals surface area (Å²) < 4.78 is 6.84. The van der Waals surface area contributed by atoms with Gasteiger partial charge >= 0.3 is 0 Å². The van der Waals surface area contributed by atoms with Gasteiger partial charge in [-0.1, -0.05) is 12.1 Å². The molecule has 1 aromatic heterocycles. The van der Waals surface area contributed by atoms with E-state index in [1.165, 1.54) is 0 Å². The van der Waals surface area contributed by atoms with E-state index in [-0.39, 0.29) is 29.3 Å². The van der Waals surface area contributed by atoms with Crippen LogP contribution in [0.1, 0.15) is 39.4 Å². The first-order valence-electron chi connectivity index (χ1n) is 10.0. The first-order valence-corrected chi connectivity index (χ1v) is 10.0. The third-order valence-electron chi connectivity index (χ3n) is 5.71. The molecule has 1 unspecified atom stereocenters. The Bertz CT molecular complexity index is 986. The molecule has 0 saturated carbocycles. The topological polar surface area (TPSA) is 111 Å². The van der Waals surface area contributed by atoms with Gasteiger partial charge in [-0.3, -0.25) is 19.1 Å². The highest BCUT2D eigenvalue weighted by Crippen LogP contribution is 2.22. The lowest BCUT2D eigenvalue weighted by atomic mass is 9.97. The molecule has 0 bridgehead atoms. The Hall–Kier alpha value is -3.36. The monoisotopic (exact) mass is 411 g/mol. The van der Waals surface area contributed by atoms with E-state index >= 15 is 0 Å². The SMILES string of the molecule is COc1cccc(CN2CCn3nc(C(=O)N4CCCC(C(N)=O)C4)cc3C2=O)c1. The molecule has 2 N–H and O–H groups in total. The van der Waals surface area contributed by atoms with E-state index < -0.39 is 0 Å². The molecule has 30 heavy (non-hydrogen) atoms. The molecule has 0 radical (unpaired) electrons. The van der Waals surface area contributed by atoms with E-state index in [1.54, 1.807) is 27.7 Å². The summed E-state index contributed by atoms with van der Waals surface area (Å²) in [5.41, 5.74) is 7.01. The molecule has 3 heterocycles. The summed E-state index contributed by atoms with van der Waals surface area (Å²) in [4.78, 5) is 40.7. The Morgan fingerprint density at radius 2 is 2.07 bits per heavy atom. The van der Waals surface area contributed by atoms with Crippen LogP contribution in [0.25, 0.3) is 0 Å². The van der Waals surface area contributed by atoms with Gasteiger partial charge < -0.3 is 20.3 Å². The summed E-state index contributed by atoms with van der Waals surface area (Å²) in [6.07, 6.45) is 1.41. The molecule has 2 aliphatic rings. The van der Waals surface area contributed by atoms with E-state index in [9.17, 15) is 14.4 Å². The number of carbonyl (C=O) groups excluding carboxylic acids is 3. The Labute approximate surface area is 174 Å². The number of hydrogen-bond acceptors (Lipinski definition) is 5. The van der Waals surface area contributed by atoms with Crippen LogP contribution in [0.15, 0.2) is 30.3 Å². The van der Waals surface area contributed by atoms with Crippen molar-refractivity contribution in [2.45, 2.75) is 25.9 Å². The highest BCUT2D eigenvalue weighted by Gasteiger charge is 2.32. The molecule has 1 atom stereocenters. The molecule has 2 aromatic rings. The van der Waals surface area contributed by atoms with Gasteiger partial charge in [-0.05, 0) is 30.5 Å². The van der Waals surface area contributed by atoms with Crippen molar-refractivity contribution in [3.05, 3.63) is 47.3 Å². The Morgan fingerprint density at radius 3 is 2.83 bits per heavy atom. The second-order valence-corrected chi connectivity index (χ2v) is 7.71. The summed E-state index contributed by atoms with van der Waals surface area (Å²) >= 11 is 0. The van der Waals surface area contributed by atoms with Crippen molar-refractivity contribution in [2.75, 3.05) is 26.7 Å². The van der Waals surface area contributed by atoms with Crippen LogP contribution in [0, 0.1) is 5.92 Å². The van der Waals surface area contributed by atoms with E-state index in [0.717, 1.165) is 17.7 Å². The Balaban J connectivity index is 1.48. The summed E-state index contributed by atoms with van der Waals surface area (Å²) in [5.74, 6) is -0.412. The molecule has 0 spiro atoms. The summed E-state index contributed by atoms with van der Waals surface area (Å²) in [6.45, 7) is 2.33. The zero-order chi connectivity index (χ0) is 21.3. The zero-order valence-electron chi connectivity index (χ0n) is 16.9. The van der Waals surface area contributed by atoms with E-state index in [2.05, 4.69) is 5.10 Å². The number of primary amides is 1. The van der Waals surface area contributed by atoms with Crippen LogP contribution in [-0.2, 0) is 17.9 Å². The maximum Gasteiger partial charge on any atom is 0.274 e. The van der Waals surface area contributed by atoms with Crippen LogP contribution in [0.5, 0.6) is 5.75 Å². The summed E-state index contributed by atoms with van der Waals surface area (Å²) in [5, 5.41) is 4.36. The van der Waals surface area contributed by atoms with Crippen LogP contribution in [-0.4, -0.2) is 64.0 Å². The molecular weight excluding hydrogens is 386 g/mol. The van der Waals surface area contributed by atoms with Gasteiger partial charge in [0.1, 0.15) is 11.4 Å². The van der Waals surface area contributed by atoms with Crippen LogP contribution in [0.4, 0.5) is 0 Å². The largest absolute Gasteiger partial charge is 0.497 e. The number of carbonyl (C=O) groups is 3. The van der Waals surface area contributed by atoms with Gasteiger partial charge in [0.05, 0.1) is 19.6 Å². The van der Waals surface area contributed by atoms with Gasteiger partial charge in [-0.2, -0.15) is 5.10 Å². The molecule has 3 amide bonds. The number of hydrogen-bond donors (Lipinski definition) is 1. The predicted molar refractivity (Wildman–Crippen MR) is 108 cm³/mol. The molecule has 0 aliphatic carbocycles. The number of aromatic nitrogens is 2. The van der Waals surface area contributed by atoms with Crippen molar-refractivity contribution in [3.8, 4) is 5.75 Å². The average Bonchev–Trinajstić information content (AvgIpc) is 3.20. The summed E-state index contributed by atoms with van der Waals surface area (Å²) in [7, 11) is 1.61. The second kappa shape index (κ2) is 8.17. The third-order valence-corrected chi connectivity index (χ3v) is 5.71. The van der Waals surface area contributed by atoms with E-state index in [1.807, 2.05) is 24.3 Å². The van der Waals surface area contributed by atoms with Gasteiger partial charge in [0.15, 0.2) is 5.69 Å². The maximum atomic E-state index is 13.0. The fourth-order valence-corrected chi connectivity index (χ4v) is 4.04. The van der Waals surface area contributed by atoms with Crippen LogP contribution < -0.4 is 10.5 Å². The van der Waals surface area contributed by atoms with Gasteiger partial charge in [-0.15, -0.1) is 0 Å². The van der Waals surface area contributed by atoms with Crippen molar-refractivity contribution in [2.24, 2.45) is 11.7 Å². The smallest absolute Gasteiger partial charge is 0.274 e. The fourth-order valence-electron chi connectivity index (χ4n) is 4.04. The highest BCUT2D eigenvalue weighted by atomic mass is 16.5. The molecule has 1 fully saturated rings. The lowest BCUT2D eigenvalue weighted by Crippen LogP contribution is -2.44. The van der Waals surface area contributed by atoms with Crippen LogP contribution in [0.3, 0.4) is 0 Å². The van der Waals surface area contributed by atoms with E-state index in [0.29, 0.717) is 44.8 Å². The lowest BCUT2D eigenvalue weighted by molar-refractivity contribution is -0.123.